The van der Waals surface area contributed by atoms with Gasteiger partial charge in [0.2, 0.25) is 0 Å². The van der Waals surface area contributed by atoms with Gasteiger partial charge in [-0.1, -0.05) is 33.6 Å². The van der Waals surface area contributed by atoms with E-state index in [4.69, 9.17) is 0 Å². The first-order chi connectivity index (χ1) is 8.22. The molecule has 92 valence electrons. The van der Waals surface area contributed by atoms with Crippen LogP contribution in [0.15, 0.2) is 18.2 Å². The molecular weight excluding hydrogens is 274 g/mol. The van der Waals surface area contributed by atoms with Gasteiger partial charge in [-0.25, -0.2) is 0 Å². The van der Waals surface area contributed by atoms with Gasteiger partial charge in [-0.3, -0.25) is 0 Å². The van der Waals surface area contributed by atoms with Crippen LogP contribution in [0.1, 0.15) is 30.4 Å². The van der Waals surface area contributed by atoms with Crippen LogP contribution in [-0.2, 0) is 6.42 Å². The molecule has 2 heteroatoms. The Balaban J connectivity index is 1.84. The predicted molar refractivity (Wildman–Crippen MR) is 77.2 cm³/mol. The van der Waals surface area contributed by atoms with Crippen molar-refractivity contribution < 1.29 is 0 Å². The minimum Gasteiger partial charge on any atom is -0.371 e. The van der Waals surface area contributed by atoms with Crippen LogP contribution in [0.5, 0.6) is 0 Å². The highest BCUT2D eigenvalue weighted by atomic mass is 79.9. The highest BCUT2D eigenvalue weighted by Gasteiger charge is 2.43. The molecule has 0 spiro atoms. The fourth-order valence-electron chi connectivity index (χ4n) is 2.88. The lowest BCUT2D eigenvalue weighted by Gasteiger charge is -2.34. The maximum Gasteiger partial charge on any atom is 0.0399 e. The van der Waals surface area contributed by atoms with E-state index >= 15 is 0 Å². The molecule has 1 heterocycles. The monoisotopic (exact) mass is 293 g/mol. The van der Waals surface area contributed by atoms with E-state index in [1.165, 1.54) is 50.0 Å². The molecule has 0 saturated heterocycles. The number of aryl methyl sites for hydroxylation is 2. The summed E-state index contributed by atoms with van der Waals surface area (Å²) in [5, 5.41) is 1.16. The van der Waals surface area contributed by atoms with Crippen LogP contribution in [0.25, 0.3) is 0 Å². The van der Waals surface area contributed by atoms with Crippen LogP contribution in [-0.4, -0.2) is 18.4 Å². The second-order valence-electron chi connectivity index (χ2n) is 5.79. The molecule has 2 aliphatic rings. The van der Waals surface area contributed by atoms with Crippen LogP contribution in [0.4, 0.5) is 5.69 Å². The molecule has 0 atom stereocenters. The largest absolute Gasteiger partial charge is 0.371 e. The summed E-state index contributed by atoms with van der Waals surface area (Å²) in [7, 11) is 0. The van der Waals surface area contributed by atoms with Crippen molar-refractivity contribution in [2.45, 2.75) is 32.6 Å². The van der Waals surface area contributed by atoms with E-state index in [9.17, 15) is 0 Å². The van der Waals surface area contributed by atoms with E-state index < -0.39 is 0 Å². The predicted octanol–water partition coefficient (Wildman–Crippen LogP) is 3.92. The second-order valence-corrected chi connectivity index (χ2v) is 6.35. The van der Waals surface area contributed by atoms with Gasteiger partial charge in [-0.15, -0.1) is 0 Å². The molecule has 3 rings (SSSR count). The summed E-state index contributed by atoms with van der Waals surface area (Å²) in [5.41, 5.74) is 5.03. The number of nitrogens with zero attached hydrogens (tertiary/aromatic N) is 1. The second kappa shape index (κ2) is 4.31. The molecule has 1 aromatic carbocycles. The zero-order valence-corrected chi connectivity index (χ0v) is 12.1. The molecule has 1 aromatic rings. The first-order valence-electron chi connectivity index (χ1n) is 6.63. The number of halogens is 1. The molecule has 1 saturated carbocycles. The third kappa shape index (κ3) is 2.24. The summed E-state index contributed by atoms with van der Waals surface area (Å²) in [5.74, 6) is 0. The van der Waals surface area contributed by atoms with Gasteiger partial charge in [0, 0.05) is 24.1 Å². The third-order valence-corrected chi connectivity index (χ3v) is 5.41. The van der Waals surface area contributed by atoms with Gasteiger partial charge in [0.15, 0.2) is 0 Å². The molecule has 1 aliphatic carbocycles. The van der Waals surface area contributed by atoms with Crippen molar-refractivity contribution >= 4 is 21.6 Å². The van der Waals surface area contributed by atoms with Crippen molar-refractivity contribution in [1.29, 1.82) is 0 Å². The smallest absolute Gasteiger partial charge is 0.0399 e. The molecule has 0 aromatic heterocycles. The lowest BCUT2D eigenvalue weighted by atomic mass is 9.98. The lowest BCUT2D eigenvalue weighted by molar-refractivity contribution is 0.544. The van der Waals surface area contributed by atoms with Crippen molar-refractivity contribution in [2.75, 3.05) is 23.3 Å². The van der Waals surface area contributed by atoms with Crippen molar-refractivity contribution in [3.8, 4) is 0 Å². The van der Waals surface area contributed by atoms with E-state index in [0.29, 0.717) is 5.41 Å². The maximum absolute atomic E-state index is 3.69. The average molecular weight is 294 g/mol. The molecule has 1 aliphatic heterocycles. The lowest BCUT2D eigenvalue weighted by Crippen LogP contribution is -2.35. The summed E-state index contributed by atoms with van der Waals surface area (Å²) in [6, 6.07) is 6.95. The quantitative estimate of drug-likeness (QED) is 0.764. The van der Waals surface area contributed by atoms with Crippen LogP contribution in [0, 0.1) is 12.3 Å². The van der Waals surface area contributed by atoms with Gasteiger partial charge in [0.1, 0.15) is 0 Å². The summed E-state index contributed by atoms with van der Waals surface area (Å²) in [4.78, 5) is 2.62. The SMILES string of the molecule is Cc1ccc2c(c1)CCCN2CC1(CBr)CC1. The van der Waals surface area contributed by atoms with Gasteiger partial charge in [-0.05, 0) is 49.7 Å². The van der Waals surface area contributed by atoms with E-state index in [2.05, 4.69) is 46.0 Å². The Labute approximate surface area is 112 Å². The number of benzene rings is 1. The molecular formula is C15H20BrN. The summed E-state index contributed by atoms with van der Waals surface area (Å²) < 4.78 is 0. The van der Waals surface area contributed by atoms with E-state index in [0.717, 1.165) is 5.33 Å². The van der Waals surface area contributed by atoms with Gasteiger partial charge in [0.25, 0.3) is 0 Å². The maximum atomic E-state index is 3.69. The van der Waals surface area contributed by atoms with E-state index in [-0.39, 0.29) is 0 Å². The minimum atomic E-state index is 0.583. The topological polar surface area (TPSA) is 3.24 Å². The van der Waals surface area contributed by atoms with Crippen molar-refractivity contribution in [2.24, 2.45) is 5.41 Å². The minimum absolute atomic E-state index is 0.583. The average Bonchev–Trinajstić information content (AvgIpc) is 3.09. The molecule has 0 unspecified atom stereocenters. The van der Waals surface area contributed by atoms with Gasteiger partial charge in [0.05, 0.1) is 0 Å². The van der Waals surface area contributed by atoms with E-state index in [1.54, 1.807) is 5.56 Å². The first kappa shape index (κ1) is 11.6. The van der Waals surface area contributed by atoms with Crippen LogP contribution in [0.2, 0.25) is 0 Å². The third-order valence-electron chi connectivity index (χ3n) is 4.22. The van der Waals surface area contributed by atoms with E-state index in [1.807, 2.05) is 0 Å². The van der Waals surface area contributed by atoms with Crippen LogP contribution in [0.3, 0.4) is 0 Å². The molecule has 0 bridgehead atoms. The van der Waals surface area contributed by atoms with Gasteiger partial charge in [-0.2, -0.15) is 0 Å². The summed E-state index contributed by atoms with van der Waals surface area (Å²) in [6.07, 6.45) is 5.37. The summed E-state index contributed by atoms with van der Waals surface area (Å²) in [6.45, 7) is 4.68. The number of alkyl halides is 1. The molecule has 1 fully saturated rings. The van der Waals surface area contributed by atoms with Gasteiger partial charge < -0.3 is 4.90 Å². The Morgan fingerprint density at radius 2 is 2.18 bits per heavy atom. The Kier molecular flexibility index (Phi) is 2.94. The van der Waals surface area contributed by atoms with Crippen LogP contribution >= 0.6 is 15.9 Å². The van der Waals surface area contributed by atoms with Gasteiger partial charge >= 0.3 is 0 Å². The number of hydrogen-bond donors (Lipinski definition) is 0. The first-order valence-corrected chi connectivity index (χ1v) is 7.75. The van der Waals surface area contributed by atoms with Crippen molar-refractivity contribution in [3.63, 3.8) is 0 Å². The Hall–Kier alpha value is -0.500. The number of hydrogen-bond acceptors (Lipinski definition) is 1. The standard InChI is InChI=1S/C15H20BrN/c1-12-4-5-14-13(9-12)3-2-8-17(14)11-15(10-16)6-7-15/h4-5,9H,2-3,6-8,10-11H2,1H3. The Morgan fingerprint density at radius 3 is 2.88 bits per heavy atom. The number of rotatable bonds is 3. The molecule has 1 nitrogen and oxygen atoms in total. The fraction of sp³-hybridized carbons (Fsp3) is 0.600. The number of fused-ring (bicyclic) bond motifs is 1. The molecule has 0 amide bonds. The molecule has 0 radical (unpaired) electrons. The molecule has 17 heavy (non-hydrogen) atoms. The highest BCUT2D eigenvalue weighted by molar-refractivity contribution is 9.09. The fourth-order valence-corrected chi connectivity index (χ4v) is 3.62. The number of anilines is 1. The zero-order chi connectivity index (χ0) is 11.9. The normalized spacial score (nSPS) is 21.2. The zero-order valence-electron chi connectivity index (χ0n) is 10.5. The molecule has 0 N–H and O–H groups in total. The Morgan fingerprint density at radius 1 is 1.35 bits per heavy atom. The highest BCUT2D eigenvalue weighted by Crippen LogP contribution is 2.48. The summed E-state index contributed by atoms with van der Waals surface area (Å²) >= 11 is 3.69. The Bertz CT molecular complexity index is 423. The van der Waals surface area contributed by atoms with Crippen molar-refractivity contribution in [3.05, 3.63) is 29.3 Å². The van der Waals surface area contributed by atoms with Crippen LogP contribution < -0.4 is 4.90 Å². The van der Waals surface area contributed by atoms with Crippen molar-refractivity contribution in [1.82, 2.24) is 0 Å².